The minimum atomic E-state index is 0.235. The second-order valence-corrected chi connectivity index (χ2v) is 5.17. The molecule has 3 nitrogen and oxygen atoms in total. The van der Waals surface area contributed by atoms with Gasteiger partial charge in [-0.3, -0.25) is 0 Å². The van der Waals surface area contributed by atoms with Crippen molar-refractivity contribution >= 4 is 0 Å². The van der Waals surface area contributed by atoms with E-state index >= 15 is 0 Å². The molecule has 0 aliphatic heterocycles. The molecule has 1 fully saturated rings. The molecule has 4 unspecified atom stereocenters. The minimum absolute atomic E-state index is 0.235. The van der Waals surface area contributed by atoms with E-state index in [1.807, 2.05) is 6.92 Å². The molecule has 0 saturated heterocycles. The first kappa shape index (κ1) is 13.9. The average Bonchev–Trinajstić information content (AvgIpc) is 2.22. The Morgan fingerprint density at radius 2 is 2.00 bits per heavy atom. The Balaban J connectivity index is 2.24. The lowest BCUT2D eigenvalue weighted by atomic mass is 9.84. The van der Waals surface area contributed by atoms with Gasteiger partial charge in [0.05, 0.1) is 12.2 Å². The van der Waals surface area contributed by atoms with Crippen molar-refractivity contribution in [1.29, 1.82) is 0 Å². The highest BCUT2D eigenvalue weighted by atomic mass is 16.5. The zero-order chi connectivity index (χ0) is 12.1. The van der Waals surface area contributed by atoms with Crippen molar-refractivity contribution in [1.82, 2.24) is 5.32 Å². The highest BCUT2D eigenvalue weighted by molar-refractivity contribution is 4.97. The van der Waals surface area contributed by atoms with Crippen LogP contribution >= 0.6 is 0 Å². The van der Waals surface area contributed by atoms with E-state index in [0.717, 1.165) is 25.5 Å². The third kappa shape index (κ3) is 3.44. The lowest BCUT2D eigenvalue weighted by Gasteiger charge is -2.44. The molecule has 16 heavy (non-hydrogen) atoms. The molecule has 0 spiro atoms. The molecule has 0 heterocycles. The van der Waals surface area contributed by atoms with Crippen molar-refractivity contribution in [3.05, 3.63) is 0 Å². The fraction of sp³-hybridized carbons (Fsp3) is 1.00. The van der Waals surface area contributed by atoms with Crippen molar-refractivity contribution in [3.63, 3.8) is 0 Å². The molecule has 0 bridgehead atoms. The third-order valence-corrected chi connectivity index (χ3v) is 3.74. The van der Waals surface area contributed by atoms with Gasteiger partial charge in [0.1, 0.15) is 0 Å². The van der Waals surface area contributed by atoms with Crippen LogP contribution in [0.3, 0.4) is 0 Å². The van der Waals surface area contributed by atoms with E-state index in [1.165, 1.54) is 0 Å². The number of ether oxygens (including phenoxy) is 2. The molecule has 1 aliphatic carbocycles. The summed E-state index contributed by atoms with van der Waals surface area (Å²) in [6, 6.07) is 0.475. The molecule has 1 rings (SSSR count). The van der Waals surface area contributed by atoms with Gasteiger partial charge in [0.15, 0.2) is 0 Å². The van der Waals surface area contributed by atoms with Crippen LogP contribution in [0.15, 0.2) is 0 Å². The molecule has 0 radical (unpaired) electrons. The molecule has 1 N–H and O–H groups in total. The van der Waals surface area contributed by atoms with Crippen molar-refractivity contribution in [2.24, 2.45) is 11.8 Å². The van der Waals surface area contributed by atoms with Crippen LogP contribution in [-0.4, -0.2) is 38.5 Å². The maximum atomic E-state index is 5.60. The second-order valence-electron chi connectivity index (χ2n) is 5.17. The fourth-order valence-electron chi connectivity index (χ4n) is 2.05. The molecule has 0 aromatic carbocycles. The van der Waals surface area contributed by atoms with Gasteiger partial charge < -0.3 is 14.8 Å². The predicted octanol–water partition coefficient (Wildman–Crippen LogP) is 2.06. The molecule has 4 atom stereocenters. The van der Waals surface area contributed by atoms with Gasteiger partial charge in [-0.15, -0.1) is 0 Å². The summed E-state index contributed by atoms with van der Waals surface area (Å²) in [7, 11) is 1.77. The first-order valence-electron chi connectivity index (χ1n) is 6.47. The average molecular weight is 229 g/mol. The summed E-state index contributed by atoms with van der Waals surface area (Å²) in [5.41, 5.74) is 0. The Labute approximate surface area is 99.9 Å². The van der Waals surface area contributed by atoms with Crippen LogP contribution in [0.1, 0.15) is 34.1 Å². The van der Waals surface area contributed by atoms with Crippen LogP contribution in [0.2, 0.25) is 0 Å². The number of rotatable bonds is 7. The van der Waals surface area contributed by atoms with Crippen LogP contribution in [0.5, 0.6) is 0 Å². The summed E-state index contributed by atoms with van der Waals surface area (Å²) in [4.78, 5) is 0. The zero-order valence-corrected chi connectivity index (χ0v) is 11.3. The standard InChI is InChI=1S/C13H27NO2/c1-6-16-12-7-11(13(12)15-5)14-8-10(4)9(2)3/h9-14H,6-8H2,1-5H3. The molecular formula is C13H27NO2. The maximum Gasteiger partial charge on any atom is 0.0986 e. The number of nitrogens with one attached hydrogen (secondary N) is 1. The van der Waals surface area contributed by atoms with E-state index in [2.05, 4.69) is 26.1 Å². The summed E-state index contributed by atoms with van der Waals surface area (Å²) >= 11 is 0. The molecule has 1 saturated carbocycles. The van der Waals surface area contributed by atoms with Gasteiger partial charge in [0.25, 0.3) is 0 Å². The Morgan fingerprint density at radius 3 is 2.50 bits per heavy atom. The van der Waals surface area contributed by atoms with Gasteiger partial charge >= 0.3 is 0 Å². The Bertz CT molecular complexity index is 196. The van der Waals surface area contributed by atoms with Crippen LogP contribution in [-0.2, 0) is 9.47 Å². The smallest absolute Gasteiger partial charge is 0.0986 e. The van der Waals surface area contributed by atoms with Crippen LogP contribution in [0.4, 0.5) is 0 Å². The maximum absolute atomic E-state index is 5.60. The van der Waals surface area contributed by atoms with E-state index in [9.17, 15) is 0 Å². The van der Waals surface area contributed by atoms with Crippen LogP contribution in [0, 0.1) is 11.8 Å². The van der Waals surface area contributed by atoms with Gasteiger partial charge in [0.2, 0.25) is 0 Å². The second kappa shape index (κ2) is 6.58. The van der Waals surface area contributed by atoms with E-state index in [-0.39, 0.29) is 6.10 Å². The molecule has 0 amide bonds. The summed E-state index contributed by atoms with van der Waals surface area (Å²) in [6.07, 6.45) is 1.61. The molecule has 3 heteroatoms. The Morgan fingerprint density at radius 1 is 1.31 bits per heavy atom. The number of methoxy groups -OCH3 is 1. The highest BCUT2D eigenvalue weighted by Gasteiger charge is 2.41. The Kier molecular flexibility index (Phi) is 5.73. The summed E-state index contributed by atoms with van der Waals surface area (Å²) in [5, 5.41) is 3.58. The van der Waals surface area contributed by atoms with Crippen molar-refractivity contribution in [2.45, 2.75) is 52.4 Å². The van der Waals surface area contributed by atoms with Gasteiger partial charge in [0, 0.05) is 19.8 Å². The monoisotopic (exact) mass is 229 g/mol. The molecule has 0 aromatic heterocycles. The summed E-state index contributed by atoms with van der Waals surface area (Å²) < 4.78 is 11.1. The zero-order valence-electron chi connectivity index (χ0n) is 11.3. The molecular weight excluding hydrogens is 202 g/mol. The van der Waals surface area contributed by atoms with Gasteiger partial charge in [-0.1, -0.05) is 20.8 Å². The largest absolute Gasteiger partial charge is 0.377 e. The van der Waals surface area contributed by atoms with Crippen molar-refractivity contribution < 1.29 is 9.47 Å². The van der Waals surface area contributed by atoms with Crippen LogP contribution < -0.4 is 5.32 Å². The highest BCUT2D eigenvalue weighted by Crippen LogP contribution is 2.27. The molecule has 0 aromatic rings. The lowest BCUT2D eigenvalue weighted by molar-refractivity contribution is -0.131. The number of hydrogen-bond donors (Lipinski definition) is 1. The first-order chi connectivity index (χ1) is 7.60. The normalized spacial score (nSPS) is 31.5. The van der Waals surface area contributed by atoms with Crippen molar-refractivity contribution in [2.75, 3.05) is 20.3 Å². The van der Waals surface area contributed by atoms with E-state index < -0.39 is 0 Å². The van der Waals surface area contributed by atoms with E-state index in [0.29, 0.717) is 18.1 Å². The first-order valence-corrected chi connectivity index (χ1v) is 6.47. The predicted molar refractivity (Wildman–Crippen MR) is 66.6 cm³/mol. The Hall–Kier alpha value is -0.120. The van der Waals surface area contributed by atoms with E-state index in [4.69, 9.17) is 9.47 Å². The fourth-order valence-corrected chi connectivity index (χ4v) is 2.05. The third-order valence-electron chi connectivity index (χ3n) is 3.74. The topological polar surface area (TPSA) is 30.5 Å². The summed E-state index contributed by atoms with van der Waals surface area (Å²) in [5.74, 6) is 1.44. The summed E-state index contributed by atoms with van der Waals surface area (Å²) in [6.45, 7) is 10.7. The van der Waals surface area contributed by atoms with Gasteiger partial charge in [-0.25, -0.2) is 0 Å². The van der Waals surface area contributed by atoms with Crippen LogP contribution in [0.25, 0.3) is 0 Å². The quantitative estimate of drug-likeness (QED) is 0.725. The SMILES string of the molecule is CCOC1CC(NCC(C)C(C)C)C1OC. The minimum Gasteiger partial charge on any atom is -0.377 e. The molecule has 96 valence electrons. The lowest BCUT2D eigenvalue weighted by Crippen LogP contribution is -2.60. The van der Waals surface area contributed by atoms with Gasteiger partial charge in [-0.05, 0) is 31.7 Å². The van der Waals surface area contributed by atoms with E-state index in [1.54, 1.807) is 7.11 Å². The van der Waals surface area contributed by atoms with Crippen molar-refractivity contribution in [3.8, 4) is 0 Å². The number of hydrogen-bond acceptors (Lipinski definition) is 3. The molecule has 1 aliphatic rings. The van der Waals surface area contributed by atoms with Gasteiger partial charge in [-0.2, -0.15) is 0 Å².